The topological polar surface area (TPSA) is 55.6 Å². The van der Waals surface area contributed by atoms with Gasteiger partial charge in [-0.2, -0.15) is 8.78 Å². The van der Waals surface area contributed by atoms with E-state index in [0.29, 0.717) is 17.1 Å². The number of benzene rings is 2. The van der Waals surface area contributed by atoms with Crippen LogP contribution in [0.2, 0.25) is 0 Å². The Morgan fingerprint density at radius 3 is 2.45 bits per heavy atom. The predicted octanol–water partition coefficient (Wildman–Crippen LogP) is 5.16. The van der Waals surface area contributed by atoms with Gasteiger partial charge in [-0.05, 0) is 42.8 Å². The number of imidazole rings is 1. The number of carbonyl (C=O) groups is 1. The molecular formula is C22H17F2N3O2. The second-order valence-corrected chi connectivity index (χ2v) is 6.42. The predicted molar refractivity (Wildman–Crippen MR) is 106 cm³/mol. The third-order valence-electron chi connectivity index (χ3n) is 4.47. The summed E-state index contributed by atoms with van der Waals surface area (Å²) in [6.07, 6.45) is 1.83. The first-order chi connectivity index (χ1) is 14.0. The molecule has 0 fully saturated rings. The fourth-order valence-electron chi connectivity index (χ4n) is 3.09. The Hall–Kier alpha value is -3.74. The van der Waals surface area contributed by atoms with Crippen molar-refractivity contribution in [3.8, 4) is 17.0 Å². The van der Waals surface area contributed by atoms with E-state index in [-0.39, 0.29) is 11.7 Å². The zero-order valence-electron chi connectivity index (χ0n) is 15.5. The zero-order valence-corrected chi connectivity index (χ0v) is 15.5. The van der Waals surface area contributed by atoms with E-state index < -0.39 is 6.61 Å². The first-order valence-corrected chi connectivity index (χ1v) is 8.92. The lowest BCUT2D eigenvalue weighted by Crippen LogP contribution is -2.14. The Bertz CT molecular complexity index is 1160. The van der Waals surface area contributed by atoms with Gasteiger partial charge in [0.05, 0.1) is 0 Å². The van der Waals surface area contributed by atoms with Crippen LogP contribution in [-0.4, -0.2) is 21.9 Å². The van der Waals surface area contributed by atoms with E-state index in [1.54, 1.807) is 0 Å². The van der Waals surface area contributed by atoms with E-state index in [9.17, 15) is 13.6 Å². The Kier molecular flexibility index (Phi) is 4.95. The minimum atomic E-state index is -2.91. The molecule has 0 saturated carbocycles. The van der Waals surface area contributed by atoms with Crippen LogP contribution in [0.15, 0.2) is 72.9 Å². The molecule has 0 spiro atoms. The number of nitrogens with zero attached hydrogens (tertiary/aromatic N) is 2. The molecule has 0 aliphatic heterocycles. The fraction of sp³-hybridized carbons (Fsp3) is 0.0909. The number of aromatic nitrogens is 2. The van der Waals surface area contributed by atoms with E-state index in [1.165, 1.54) is 24.3 Å². The lowest BCUT2D eigenvalue weighted by atomic mass is 10.1. The number of nitrogens with one attached hydrogen (secondary N) is 1. The highest BCUT2D eigenvalue weighted by atomic mass is 19.3. The second kappa shape index (κ2) is 7.71. The smallest absolute Gasteiger partial charge is 0.387 e. The lowest BCUT2D eigenvalue weighted by molar-refractivity contribution is -0.0498. The van der Waals surface area contributed by atoms with Gasteiger partial charge in [0, 0.05) is 17.3 Å². The van der Waals surface area contributed by atoms with E-state index in [2.05, 4.69) is 10.1 Å². The number of carbonyl (C=O) groups excluding carboxylic acids is 1. The first-order valence-electron chi connectivity index (χ1n) is 8.92. The molecule has 5 nitrogen and oxygen atoms in total. The minimum absolute atomic E-state index is 0.00745. The van der Waals surface area contributed by atoms with Gasteiger partial charge in [-0.15, -0.1) is 0 Å². The third kappa shape index (κ3) is 3.80. The highest BCUT2D eigenvalue weighted by Crippen LogP contribution is 2.30. The summed E-state index contributed by atoms with van der Waals surface area (Å²) in [5, 5.41) is 2.91. The maximum absolute atomic E-state index is 12.8. The SMILES string of the molecule is Cc1cccn2c(NC(=O)c3ccc(OC(F)F)cc3)c(-c3ccccc3)nc12. The van der Waals surface area contributed by atoms with Crippen LogP contribution in [0.5, 0.6) is 5.75 Å². The van der Waals surface area contributed by atoms with Crippen molar-refractivity contribution in [2.24, 2.45) is 0 Å². The summed E-state index contributed by atoms with van der Waals surface area (Å²) < 4.78 is 30.8. The number of aryl methyl sites for hydroxylation is 1. The van der Waals surface area contributed by atoms with Crippen LogP contribution in [0, 0.1) is 6.92 Å². The maximum Gasteiger partial charge on any atom is 0.387 e. The number of hydrogen-bond acceptors (Lipinski definition) is 3. The molecule has 0 aliphatic rings. The van der Waals surface area contributed by atoms with Gasteiger partial charge in [0.2, 0.25) is 0 Å². The van der Waals surface area contributed by atoms with E-state index in [1.807, 2.05) is 60.0 Å². The summed E-state index contributed by atoms with van der Waals surface area (Å²) in [4.78, 5) is 17.5. The third-order valence-corrected chi connectivity index (χ3v) is 4.47. The number of fused-ring (bicyclic) bond motifs is 1. The lowest BCUT2D eigenvalue weighted by Gasteiger charge is -2.09. The standard InChI is InChI=1S/C22H17F2N3O2/c1-14-6-5-13-27-19(14)25-18(15-7-3-2-4-8-15)20(27)26-21(28)16-9-11-17(12-10-16)29-22(23)24/h2-13,22H,1H3,(H,26,28). The van der Waals surface area contributed by atoms with Gasteiger partial charge in [0.25, 0.3) is 5.91 Å². The average Bonchev–Trinajstić information content (AvgIpc) is 3.08. The molecule has 0 radical (unpaired) electrons. The fourth-order valence-corrected chi connectivity index (χ4v) is 3.09. The van der Waals surface area contributed by atoms with Crippen LogP contribution in [0.3, 0.4) is 0 Å². The molecule has 1 amide bonds. The van der Waals surface area contributed by atoms with Gasteiger partial charge in [-0.3, -0.25) is 9.20 Å². The highest BCUT2D eigenvalue weighted by Gasteiger charge is 2.18. The second-order valence-electron chi connectivity index (χ2n) is 6.42. The molecule has 0 atom stereocenters. The van der Waals surface area contributed by atoms with Gasteiger partial charge in [0.15, 0.2) is 0 Å². The summed E-state index contributed by atoms with van der Waals surface area (Å²) in [7, 11) is 0. The minimum Gasteiger partial charge on any atom is -0.435 e. The molecule has 29 heavy (non-hydrogen) atoms. The van der Waals surface area contributed by atoms with Crippen LogP contribution < -0.4 is 10.1 Å². The molecule has 2 aromatic carbocycles. The van der Waals surface area contributed by atoms with Crippen LogP contribution in [0.4, 0.5) is 14.6 Å². The molecule has 0 unspecified atom stereocenters. The van der Waals surface area contributed by atoms with E-state index in [4.69, 9.17) is 4.98 Å². The Balaban J connectivity index is 1.71. The number of alkyl halides is 2. The Morgan fingerprint density at radius 2 is 1.76 bits per heavy atom. The van der Waals surface area contributed by atoms with Crippen LogP contribution in [-0.2, 0) is 0 Å². The molecule has 4 rings (SSSR count). The number of pyridine rings is 1. The largest absolute Gasteiger partial charge is 0.435 e. The van der Waals surface area contributed by atoms with Crippen LogP contribution in [0.1, 0.15) is 15.9 Å². The van der Waals surface area contributed by atoms with Gasteiger partial charge >= 0.3 is 6.61 Å². The summed E-state index contributed by atoms with van der Waals surface area (Å²) in [5.74, 6) is 0.147. The van der Waals surface area contributed by atoms with Crippen LogP contribution in [0.25, 0.3) is 16.9 Å². The van der Waals surface area contributed by atoms with Gasteiger partial charge in [-0.1, -0.05) is 36.4 Å². The van der Waals surface area contributed by atoms with Crippen molar-refractivity contribution >= 4 is 17.4 Å². The molecule has 2 heterocycles. The van der Waals surface area contributed by atoms with Gasteiger partial charge < -0.3 is 10.1 Å². The Morgan fingerprint density at radius 1 is 1.03 bits per heavy atom. The highest BCUT2D eigenvalue weighted by molar-refractivity contribution is 6.05. The Labute approximate surface area is 165 Å². The normalized spacial score (nSPS) is 11.0. The first kappa shape index (κ1) is 18.6. The number of hydrogen-bond donors (Lipinski definition) is 1. The van der Waals surface area contributed by atoms with Crippen molar-refractivity contribution in [2.75, 3.05) is 5.32 Å². The maximum atomic E-state index is 12.8. The number of halogens is 2. The van der Waals surface area contributed by atoms with Crippen molar-refractivity contribution in [3.63, 3.8) is 0 Å². The molecule has 146 valence electrons. The number of ether oxygens (including phenoxy) is 1. The van der Waals surface area contributed by atoms with E-state index in [0.717, 1.165) is 16.8 Å². The van der Waals surface area contributed by atoms with Crippen molar-refractivity contribution < 1.29 is 18.3 Å². The summed E-state index contributed by atoms with van der Waals surface area (Å²) in [6, 6.07) is 18.9. The number of amides is 1. The monoisotopic (exact) mass is 393 g/mol. The molecule has 0 bridgehead atoms. The van der Waals surface area contributed by atoms with Crippen molar-refractivity contribution in [3.05, 3.63) is 84.1 Å². The molecule has 0 aliphatic carbocycles. The van der Waals surface area contributed by atoms with Gasteiger partial charge in [-0.25, -0.2) is 4.98 Å². The molecule has 1 N–H and O–H groups in total. The summed E-state index contributed by atoms with van der Waals surface area (Å²) in [5.41, 5.74) is 3.53. The molecule has 2 aromatic heterocycles. The van der Waals surface area contributed by atoms with Crippen LogP contribution >= 0.6 is 0 Å². The zero-order chi connectivity index (χ0) is 20.4. The quantitative estimate of drug-likeness (QED) is 0.509. The summed E-state index contributed by atoms with van der Waals surface area (Å²) >= 11 is 0. The van der Waals surface area contributed by atoms with E-state index >= 15 is 0 Å². The number of rotatable bonds is 5. The van der Waals surface area contributed by atoms with Gasteiger partial charge in [0.1, 0.15) is 22.9 Å². The molecular weight excluding hydrogens is 376 g/mol. The van der Waals surface area contributed by atoms with Crippen molar-refractivity contribution in [2.45, 2.75) is 13.5 Å². The average molecular weight is 393 g/mol. The van der Waals surface area contributed by atoms with Crippen molar-refractivity contribution in [1.82, 2.24) is 9.38 Å². The molecule has 0 saturated heterocycles. The van der Waals surface area contributed by atoms with Crippen molar-refractivity contribution in [1.29, 1.82) is 0 Å². The molecule has 4 aromatic rings. The summed E-state index contributed by atoms with van der Waals surface area (Å²) in [6.45, 7) is -0.964. The number of anilines is 1. The molecule has 7 heteroatoms.